The molecule has 4 rings (SSSR count). The van der Waals surface area contributed by atoms with Crippen LogP contribution in [0.15, 0.2) is 48.5 Å². The number of aliphatic hydroxyl groups is 1. The molecule has 0 saturated carbocycles. The molecule has 174 valence electrons. The van der Waals surface area contributed by atoms with Crippen molar-refractivity contribution >= 4 is 17.8 Å². The van der Waals surface area contributed by atoms with Gasteiger partial charge in [-0.1, -0.05) is 36.4 Å². The fraction of sp³-hybridized carbons (Fsp3) is 0.375. The van der Waals surface area contributed by atoms with Gasteiger partial charge in [0.25, 0.3) is 11.8 Å². The van der Waals surface area contributed by atoms with Crippen LogP contribution in [0.25, 0.3) is 11.1 Å². The van der Waals surface area contributed by atoms with Crippen molar-refractivity contribution in [2.24, 2.45) is 0 Å². The molecule has 9 heteroatoms. The molecular formula is C24H28N4O5. The van der Waals surface area contributed by atoms with Crippen molar-refractivity contribution in [2.45, 2.75) is 31.1 Å². The molecule has 3 unspecified atom stereocenters. The molecule has 2 aliphatic heterocycles. The van der Waals surface area contributed by atoms with Gasteiger partial charge >= 0.3 is 6.03 Å². The first-order valence-electron chi connectivity index (χ1n) is 11.0. The highest BCUT2D eigenvalue weighted by atomic mass is 16.5. The van der Waals surface area contributed by atoms with Crippen LogP contribution in [0, 0.1) is 0 Å². The summed E-state index contributed by atoms with van der Waals surface area (Å²) in [6, 6.07) is 13.7. The highest BCUT2D eigenvalue weighted by Gasteiger charge is 2.48. The second-order valence-corrected chi connectivity index (χ2v) is 8.45. The first kappa shape index (κ1) is 22.9. The van der Waals surface area contributed by atoms with Crippen LogP contribution < -0.4 is 21.3 Å². The van der Waals surface area contributed by atoms with E-state index >= 15 is 0 Å². The van der Waals surface area contributed by atoms with Crippen molar-refractivity contribution in [3.8, 4) is 11.1 Å². The zero-order valence-corrected chi connectivity index (χ0v) is 18.4. The van der Waals surface area contributed by atoms with Crippen LogP contribution >= 0.6 is 0 Å². The third-order valence-electron chi connectivity index (χ3n) is 6.08. The number of urea groups is 1. The molecule has 4 amide bonds. The Morgan fingerprint density at radius 3 is 2.39 bits per heavy atom. The average molecular weight is 453 g/mol. The number of benzene rings is 2. The highest BCUT2D eigenvalue weighted by Crippen LogP contribution is 2.30. The Morgan fingerprint density at radius 2 is 1.82 bits per heavy atom. The number of carbonyl (C=O) groups is 3. The van der Waals surface area contributed by atoms with Gasteiger partial charge < -0.3 is 25.8 Å². The largest absolute Gasteiger partial charge is 0.385 e. The van der Waals surface area contributed by atoms with Crippen molar-refractivity contribution in [1.82, 2.24) is 21.3 Å². The first-order valence-corrected chi connectivity index (χ1v) is 11.0. The van der Waals surface area contributed by atoms with Crippen LogP contribution in [0.1, 0.15) is 35.4 Å². The molecule has 2 aliphatic rings. The number of nitrogens with one attached hydrogen (secondary N) is 4. The van der Waals surface area contributed by atoms with Gasteiger partial charge in [-0.2, -0.15) is 0 Å². The summed E-state index contributed by atoms with van der Waals surface area (Å²) in [6.07, 6.45) is -0.303. The topological polar surface area (TPSA) is 129 Å². The Balaban J connectivity index is 1.35. The van der Waals surface area contributed by atoms with Gasteiger partial charge in [-0.3, -0.25) is 14.9 Å². The summed E-state index contributed by atoms with van der Waals surface area (Å²) < 4.78 is 5.63. The Labute approximate surface area is 191 Å². The molecule has 0 bridgehead atoms. The lowest BCUT2D eigenvalue weighted by Gasteiger charge is -2.27. The van der Waals surface area contributed by atoms with Crippen LogP contribution in [0.3, 0.4) is 0 Å². The Morgan fingerprint density at radius 1 is 1.15 bits per heavy atom. The lowest BCUT2D eigenvalue weighted by molar-refractivity contribution is -0.127. The van der Waals surface area contributed by atoms with Crippen molar-refractivity contribution in [3.05, 3.63) is 59.7 Å². The predicted molar refractivity (Wildman–Crippen MR) is 121 cm³/mol. The number of rotatable bonds is 7. The van der Waals surface area contributed by atoms with Crippen LogP contribution in [0.2, 0.25) is 0 Å². The Bertz CT molecular complexity index is 1020. The zero-order valence-electron chi connectivity index (χ0n) is 18.4. The molecule has 2 heterocycles. The van der Waals surface area contributed by atoms with Crippen molar-refractivity contribution in [1.29, 1.82) is 0 Å². The highest BCUT2D eigenvalue weighted by molar-refractivity contribution is 6.07. The minimum atomic E-state index is -1.42. The minimum Gasteiger partial charge on any atom is -0.385 e. The van der Waals surface area contributed by atoms with Gasteiger partial charge in [0.15, 0.2) is 0 Å². The predicted octanol–water partition coefficient (Wildman–Crippen LogP) is 1.09. The molecule has 9 nitrogen and oxygen atoms in total. The smallest absolute Gasteiger partial charge is 0.322 e. The Kier molecular flexibility index (Phi) is 6.73. The maximum absolute atomic E-state index is 12.4. The fourth-order valence-corrected chi connectivity index (χ4v) is 4.01. The first-order chi connectivity index (χ1) is 15.9. The number of aliphatic hydroxyl groups excluding tert-OH is 1. The second kappa shape index (κ2) is 9.70. The standard InChI is InChI=1S/C24H28N4O5/c1-24(22(31)27-23(32)28-24)20(29)17-6-2-15(3-7-17)16-4-8-18(9-5-16)21(30)26-11-10-19-14-25-12-13-33-19/h2-9,19-20,25,29H,10-14H2,1H3,(H,26,30)(H2,27,28,31,32). The van der Waals surface area contributed by atoms with E-state index in [9.17, 15) is 19.5 Å². The van der Waals surface area contributed by atoms with Crippen molar-refractivity contribution in [2.75, 3.05) is 26.2 Å². The maximum atomic E-state index is 12.4. The molecule has 2 aromatic rings. The van der Waals surface area contributed by atoms with E-state index < -0.39 is 23.6 Å². The van der Waals surface area contributed by atoms with E-state index in [2.05, 4.69) is 21.3 Å². The van der Waals surface area contributed by atoms with Gasteiger partial charge in [0.05, 0.1) is 12.7 Å². The van der Waals surface area contributed by atoms with Gasteiger partial charge in [-0.05, 0) is 42.2 Å². The number of amides is 4. The van der Waals surface area contributed by atoms with Gasteiger partial charge in [0, 0.05) is 25.2 Å². The number of hydrogen-bond donors (Lipinski definition) is 5. The average Bonchev–Trinajstić information content (AvgIpc) is 3.11. The molecule has 33 heavy (non-hydrogen) atoms. The summed E-state index contributed by atoms with van der Waals surface area (Å²) in [5.74, 6) is -0.699. The van der Waals surface area contributed by atoms with Crippen LogP contribution in [0.4, 0.5) is 4.79 Å². The third-order valence-corrected chi connectivity index (χ3v) is 6.08. The summed E-state index contributed by atoms with van der Waals surface area (Å²) >= 11 is 0. The minimum absolute atomic E-state index is 0.129. The monoisotopic (exact) mass is 452 g/mol. The molecule has 2 aromatic carbocycles. The molecule has 0 aromatic heterocycles. The molecular weight excluding hydrogens is 424 g/mol. The maximum Gasteiger partial charge on any atom is 0.322 e. The molecule has 0 radical (unpaired) electrons. The van der Waals surface area contributed by atoms with Crippen LogP contribution in [-0.4, -0.2) is 60.8 Å². The number of morpholine rings is 1. The van der Waals surface area contributed by atoms with E-state index in [0.717, 1.165) is 30.6 Å². The van der Waals surface area contributed by atoms with Gasteiger partial charge in [0.2, 0.25) is 0 Å². The Hall–Kier alpha value is -3.27. The summed E-state index contributed by atoms with van der Waals surface area (Å²) in [4.78, 5) is 35.9. The van der Waals surface area contributed by atoms with Crippen molar-refractivity contribution < 1.29 is 24.2 Å². The van der Waals surface area contributed by atoms with Crippen molar-refractivity contribution in [3.63, 3.8) is 0 Å². The fourth-order valence-electron chi connectivity index (χ4n) is 4.01. The zero-order chi connectivity index (χ0) is 23.4. The molecule has 3 atom stereocenters. The lowest BCUT2D eigenvalue weighted by Crippen LogP contribution is -2.49. The third kappa shape index (κ3) is 5.05. The van der Waals surface area contributed by atoms with Crippen LogP contribution in [-0.2, 0) is 9.53 Å². The second-order valence-electron chi connectivity index (χ2n) is 8.45. The summed E-state index contributed by atoms with van der Waals surface area (Å²) in [6.45, 7) is 4.41. The van der Waals surface area contributed by atoms with E-state index in [1.54, 1.807) is 24.3 Å². The summed E-state index contributed by atoms with van der Waals surface area (Å²) in [5.41, 5.74) is 1.46. The summed E-state index contributed by atoms with van der Waals surface area (Å²) in [5, 5.41) is 21.5. The molecule has 0 spiro atoms. The van der Waals surface area contributed by atoms with E-state index in [1.165, 1.54) is 6.92 Å². The number of hydrogen-bond acceptors (Lipinski definition) is 6. The molecule has 2 fully saturated rings. The molecule has 0 aliphatic carbocycles. The number of imide groups is 1. The van der Waals surface area contributed by atoms with E-state index in [1.807, 2.05) is 24.3 Å². The quantitative estimate of drug-likeness (QED) is 0.400. The van der Waals surface area contributed by atoms with E-state index in [-0.39, 0.29) is 12.0 Å². The summed E-state index contributed by atoms with van der Waals surface area (Å²) in [7, 11) is 0. The SMILES string of the molecule is CC1(C(O)c2ccc(-c3ccc(C(=O)NCCC4CNCCO4)cc3)cc2)NC(=O)NC1=O. The van der Waals surface area contributed by atoms with Gasteiger partial charge in [-0.25, -0.2) is 4.79 Å². The van der Waals surface area contributed by atoms with Gasteiger partial charge in [0.1, 0.15) is 11.6 Å². The number of carbonyl (C=O) groups excluding carboxylic acids is 3. The van der Waals surface area contributed by atoms with E-state index in [0.29, 0.717) is 24.3 Å². The van der Waals surface area contributed by atoms with E-state index in [4.69, 9.17) is 4.74 Å². The molecule has 5 N–H and O–H groups in total. The number of ether oxygens (including phenoxy) is 1. The lowest BCUT2D eigenvalue weighted by atomic mass is 9.88. The van der Waals surface area contributed by atoms with Gasteiger partial charge in [-0.15, -0.1) is 0 Å². The molecule has 2 saturated heterocycles. The van der Waals surface area contributed by atoms with Crippen LogP contribution in [0.5, 0.6) is 0 Å². The normalized spacial score (nSPS) is 23.5.